The Kier molecular flexibility index (Phi) is 4.24. The van der Waals surface area contributed by atoms with Crippen molar-refractivity contribution < 1.29 is 13.6 Å². The summed E-state index contributed by atoms with van der Waals surface area (Å²) in [5, 5.41) is 3.61. The van der Waals surface area contributed by atoms with Gasteiger partial charge in [0.2, 0.25) is 5.91 Å². The standard InChI is InChI=1S/C19H16FN3O3/c20-13-4-1-11(2-5-13)18-15(10-21-23-18)19(25)22-14-6-7-16-12(9-14)3-8-17(24)26-16/h1-9,15,18,21,23H,10H2,(H,22,25). The summed E-state index contributed by atoms with van der Waals surface area (Å²) in [6.07, 6.45) is 0. The first-order valence-corrected chi connectivity index (χ1v) is 8.19. The molecule has 0 spiro atoms. The molecule has 1 amide bonds. The monoisotopic (exact) mass is 353 g/mol. The zero-order chi connectivity index (χ0) is 18.1. The van der Waals surface area contributed by atoms with Gasteiger partial charge in [0.15, 0.2) is 0 Å². The van der Waals surface area contributed by atoms with Crippen molar-refractivity contribution in [1.82, 2.24) is 10.9 Å². The molecule has 1 aliphatic rings. The van der Waals surface area contributed by atoms with E-state index in [0.717, 1.165) is 10.9 Å². The Hall–Kier alpha value is -3.03. The minimum Gasteiger partial charge on any atom is -0.423 e. The van der Waals surface area contributed by atoms with Crippen molar-refractivity contribution >= 4 is 22.6 Å². The first-order valence-electron chi connectivity index (χ1n) is 8.19. The van der Waals surface area contributed by atoms with Crippen molar-refractivity contribution in [2.24, 2.45) is 5.92 Å². The van der Waals surface area contributed by atoms with Crippen LogP contribution in [-0.2, 0) is 4.79 Å². The summed E-state index contributed by atoms with van der Waals surface area (Å²) in [4.78, 5) is 24.0. The molecule has 3 N–H and O–H groups in total. The van der Waals surface area contributed by atoms with Crippen LogP contribution in [-0.4, -0.2) is 12.5 Å². The van der Waals surface area contributed by atoms with Crippen LogP contribution in [0.5, 0.6) is 0 Å². The molecule has 0 bridgehead atoms. The second kappa shape index (κ2) is 6.70. The van der Waals surface area contributed by atoms with Gasteiger partial charge in [-0.2, -0.15) is 0 Å². The number of hydrazine groups is 1. The van der Waals surface area contributed by atoms with Crippen molar-refractivity contribution in [2.75, 3.05) is 11.9 Å². The fourth-order valence-electron chi connectivity index (χ4n) is 3.11. The van der Waals surface area contributed by atoms with Crippen molar-refractivity contribution in [3.8, 4) is 0 Å². The second-order valence-corrected chi connectivity index (χ2v) is 6.16. The molecule has 26 heavy (non-hydrogen) atoms. The van der Waals surface area contributed by atoms with Gasteiger partial charge in [-0.3, -0.25) is 10.2 Å². The van der Waals surface area contributed by atoms with E-state index < -0.39 is 5.63 Å². The number of carbonyl (C=O) groups excluding carboxylic acids is 1. The number of rotatable bonds is 3. The van der Waals surface area contributed by atoms with E-state index in [-0.39, 0.29) is 23.7 Å². The third-order valence-corrected chi connectivity index (χ3v) is 4.43. The summed E-state index contributed by atoms with van der Waals surface area (Å²) in [6.45, 7) is 0.455. The molecule has 1 fully saturated rings. The van der Waals surface area contributed by atoms with Crippen LogP contribution in [0, 0.1) is 11.7 Å². The first-order chi connectivity index (χ1) is 12.6. The fraction of sp³-hybridized carbons (Fsp3) is 0.158. The fourth-order valence-corrected chi connectivity index (χ4v) is 3.11. The van der Waals surface area contributed by atoms with Crippen molar-refractivity contribution in [3.05, 3.63) is 76.4 Å². The second-order valence-electron chi connectivity index (χ2n) is 6.16. The van der Waals surface area contributed by atoms with Crippen molar-refractivity contribution in [2.45, 2.75) is 6.04 Å². The summed E-state index contributed by atoms with van der Waals surface area (Å²) in [5.41, 5.74) is 7.53. The molecule has 2 unspecified atom stereocenters. The Bertz CT molecular complexity index is 1020. The van der Waals surface area contributed by atoms with Crippen molar-refractivity contribution in [3.63, 3.8) is 0 Å². The van der Waals surface area contributed by atoms with E-state index in [1.54, 1.807) is 36.4 Å². The lowest BCUT2D eigenvalue weighted by atomic mass is 9.94. The highest BCUT2D eigenvalue weighted by atomic mass is 19.1. The normalized spacial score (nSPS) is 19.6. The number of halogens is 1. The average molecular weight is 353 g/mol. The molecule has 1 aromatic heterocycles. The van der Waals surface area contributed by atoms with E-state index in [1.165, 1.54) is 18.2 Å². The van der Waals surface area contributed by atoms with E-state index in [2.05, 4.69) is 16.2 Å². The Balaban J connectivity index is 1.54. The molecule has 1 aliphatic heterocycles. The number of hydrogen-bond acceptors (Lipinski definition) is 5. The van der Waals surface area contributed by atoms with Crippen molar-refractivity contribution in [1.29, 1.82) is 0 Å². The van der Waals surface area contributed by atoms with Gasteiger partial charge in [-0.1, -0.05) is 12.1 Å². The average Bonchev–Trinajstić information content (AvgIpc) is 3.12. The molecule has 132 valence electrons. The van der Waals surface area contributed by atoms with Crippen LogP contribution in [0.3, 0.4) is 0 Å². The Morgan fingerprint density at radius 1 is 1.12 bits per heavy atom. The van der Waals surface area contributed by atoms with Gasteiger partial charge in [-0.25, -0.2) is 14.6 Å². The molecule has 4 rings (SSSR count). The molecule has 3 aromatic rings. The SMILES string of the molecule is O=C(Nc1ccc2oc(=O)ccc2c1)C1CNNC1c1ccc(F)cc1. The van der Waals surface area contributed by atoms with Gasteiger partial charge in [0.25, 0.3) is 0 Å². The lowest BCUT2D eigenvalue weighted by molar-refractivity contribution is -0.119. The van der Waals surface area contributed by atoms with E-state index in [0.29, 0.717) is 17.8 Å². The Morgan fingerprint density at radius 2 is 1.92 bits per heavy atom. The molecule has 2 aromatic carbocycles. The first kappa shape index (κ1) is 16.4. The molecule has 0 aliphatic carbocycles. The van der Waals surface area contributed by atoms with E-state index in [4.69, 9.17) is 4.42 Å². The minimum atomic E-state index is -0.417. The van der Waals surface area contributed by atoms with Gasteiger partial charge in [0.1, 0.15) is 11.4 Å². The lowest BCUT2D eigenvalue weighted by Gasteiger charge is -2.18. The molecule has 0 radical (unpaired) electrons. The number of carbonyl (C=O) groups is 1. The number of fused-ring (bicyclic) bond motifs is 1. The van der Waals surface area contributed by atoms with Crippen LogP contribution >= 0.6 is 0 Å². The summed E-state index contributed by atoms with van der Waals surface area (Å²) < 4.78 is 18.2. The maximum Gasteiger partial charge on any atom is 0.336 e. The number of hydrogen-bond donors (Lipinski definition) is 3. The quantitative estimate of drug-likeness (QED) is 0.630. The van der Waals surface area contributed by atoms with Gasteiger partial charge >= 0.3 is 5.63 Å². The Labute approximate surface area is 148 Å². The third-order valence-electron chi connectivity index (χ3n) is 4.43. The third kappa shape index (κ3) is 3.22. The summed E-state index contributed by atoms with van der Waals surface area (Å²) >= 11 is 0. The largest absolute Gasteiger partial charge is 0.423 e. The molecule has 7 heteroatoms. The smallest absolute Gasteiger partial charge is 0.336 e. The van der Waals surface area contributed by atoms with Gasteiger partial charge in [-0.15, -0.1) is 0 Å². The minimum absolute atomic E-state index is 0.159. The van der Waals surface area contributed by atoms with Crippen LogP contribution in [0.4, 0.5) is 10.1 Å². The molecule has 0 saturated carbocycles. The zero-order valence-corrected chi connectivity index (χ0v) is 13.7. The van der Waals surface area contributed by atoms with Gasteiger partial charge < -0.3 is 9.73 Å². The maximum absolute atomic E-state index is 13.1. The number of anilines is 1. The van der Waals surface area contributed by atoms with Crippen LogP contribution in [0.2, 0.25) is 0 Å². The van der Waals surface area contributed by atoms with E-state index in [9.17, 15) is 14.0 Å². The number of amides is 1. The predicted octanol–water partition coefficient (Wildman–Crippen LogP) is 2.34. The maximum atomic E-state index is 13.1. The van der Waals surface area contributed by atoms with Crippen LogP contribution in [0.25, 0.3) is 11.0 Å². The molecular weight excluding hydrogens is 337 g/mol. The van der Waals surface area contributed by atoms with Crippen LogP contribution in [0.15, 0.2) is 63.8 Å². The topological polar surface area (TPSA) is 83.4 Å². The zero-order valence-electron chi connectivity index (χ0n) is 13.7. The van der Waals surface area contributed by atoms with Crippen LogP contribution in [0.1, 0.15) is 11.6 Å². The Morgan fingerprint density at radius 3 is 2.73 bits per heavy atom. The summed E-state index contributed by atoms with van der Waals surface area (Å²) in [7, 11) is 0. The van der Waals surface area contributed by atoms with E-state index >= 15 is 0 Å². The number of benzene rings is 2. The molecule has 1 saturated heterocycles. The molecule has 2 heterocycles. The van der Waals surface area contributed by atoms with E-state index in [1.807, 2.05) is 0 Å². The predicted molar refractivity (Wildman–Crippen MR) is 94.9 cm³/mol. The van der Waals surface area contributed by atoms with Gasteiger partial charge in [0.05, 0.1) is 12.0 Å². The molecule has 2 atom stereocenters. The molecule has 6 nitrogen and oxygen atoms in total. The molecular formula is C19H16FN3O3. The summed E-state index contributed by atoms with van der Waals surface area (Å²) in [6, 6.07) is 13.9. The summed E-state index contributed by atoms with van der Waals surface area (Å²) in [5.74, 6) is -0.832. The van der Waals surface area contributed by atoms with Gasteiger partial charge in [-0.05, 0) is 42.0 Å². The number of nitrogens with one attached hydrogen (secondary N) is 3. The lowest BCUT2D eigenvalue weighted by Crippen LogP contribution is -2.29. The van der Waals surface area contributed by atoms with Crippen LogP contribution < -0.4 is 21.8 Å². The highest BCUT2D eigenvalue weighted by molar-refractivity contribution is 5.95. The van der Waals surface area contributed by atoms with Gasteiger partial charge in [0, 0.05) is 23.7 Å². The highest BCUT2D eigenvalue weighted by Crippen LogP contribution is 2.27. The highest BCUT2D eigenvalue weighted by Gasteiger charge is 2.34.